The van der Waals surface area contributed by atoms with Gasteiger partial charge in [0, 0.05) is 0 Å². The summed E-state index contributed by atoms with van der Waals surface area (Å²) in [6, 6.07) is 0. The van der Waals surface area contributed by atoms with Gasteiger partial charge in [0.25, 0.3) is 11.0 Å². The molecule has 0 saturated carbocycles. The van der Waals surface area contributed by atoms with E-state index in [0.29, 0.717) is 0 Å². The van der Waals surface area contributed by atoms with Gasteiger partial charge < -0.3 is 4.48 Å². The van der Waals surface area contributed by atoms with Gasteiger partial charge in [-0.2, -0.15) is 0 Å². The average molecular weight is 337 g/mol. The Morgan fingerprint density at radius 3 is 1.50 bits per heavy atom. The lowest BCUT2D eigenvalue weighted by Gasteiger charge is -2.38. The van der Waals surface area contributed by atoms with Crippen LogP contribution in [-0.2, 0) is 15.2 Å². The van der Waals surface area contributed by atoms with E-state index < -0.39 is 11.0 Å². The first-order chi connectivity index (χ1) is 10.5. The zero-order valence-corrected chi connectivity index (χ0v) is 16.1. The summed E-state index contributed by atoms with van der Waals surface area (Å²) in [5.41, 5.74) is 0. The zero-order chi connectivity index (χ0) is 17.3. The summed E-state index contributed by atoms with van der Waals surface area (Å²) in [7, 11) is -2.68. The third-order valence-corrected chi connectivity index (χ3v) is 4.29. The Balaban J connectivity index is 0. The van der Waals surface area contributed by atoms with Gasteiger partial charge in [-0.3, -0.25) is 4.18 Å². The fourth-order valence-corrected chi connectivity index (χ4v) is 2.63. The molecule has 5 heteroatoms. The number of thiol groups is 1. The molecule has 0 aliphatic rings. The first-order valence-electron chi connectivity index (χ1n) is 8.75. The first kappa shape index (κ1) is 23.9. The minimum atomic E-state index is -2.68. The molecule has 0 unspecified atom stereocenters. The molecule has 0 aliphatic heterocycles. The van der Waals surface area contributed by atoms with Crippen molar-refractivity contribution in [1.29, 1.82) is 0 Å². The Morgan fingerprint density at radius 1 is 0.909 bits per heavy atom. The molecular formula is C17H38NO3S+. The first-order valence-corrected chi connectivity index (χ1v) is 9.84. The minimum absolute atomic E-state index is 0.0682. The summed E-state index contributed by atoms with van der Waals surface area (Å²) in [5.74, 6) is 0. The summed E-state index contributed by atoms with van der Waals surface area (Å²) in [6.45, 7) is 18.2. The van der Waals surface area contributed by atoms with Crippen LogP contribution >= 0.6 is 0 Å². The Hall–Kier alpha value is -0.390. The van der Waals surface area contributed by atoms with Crippen molar-refractivity contribution in [2.24, 2.45) is 0 Å². The standard InChI is InChI=1S/C14H32N.C3H6O3S/c1-5-9-12-15(8-4,13-10-6-2)14-11-7-3;1-2-3-6-7(4)5/h5-14H2,1-4H3;2,7H,1,3H2/q+1;. The smallest absolute Gasteiger partial charge is 0.257 e. The second-order valence-corrected chi connectivity index (χ2v) is 6.40. The van der Waals surface area contributed by atoms with Gasteiger partial charge in [-0.1, -0.05) is 46.1 Å². The summed E-state index contributed by atoms with van der Waals surface area (Å²) in [5, 5.41) is 0. The molecule has 0 heterocycles. The molecule has 0 spiro atoms. The van der Waals surface area contributed by atoms with E-state index in [2.05, 4.69) is 38.5 Å². The van der Waals surface area contributed by atoms with Gasteiger partial charge >= 0.3 is 0 Å². The maximum Gasteiger partial charge on any atom is 0.257 e. The summed E-state index contributed by atoms with van der Waals surface area (Å²) < 4.78 is 24.5. The minimum Gasteiger partial charge on any atom is -0.324 e. The van der Waals surface area contributed by atoms with Gasteiger partial charge in [-0.15, -0.1) is 6.58 Å². The Labute approximate surface area is 140 Å². The molecule has 0 amide bonds. The molecule has 0 N–H and O–H groups in total. The molecule has 4 nitrogen and oxygen atoms in total. The molecular weight excluding hydrogens is 298 g/mol. The monoisotopic (exact) mass is 336 g/mol. The number of nitrogens with zero attached hydrogens (tertiary/aromatic N) is 1. The molecule has 0 atom stereocenters. The van der Waals surface area contributed by atoms with E-state index in [4.69, 9.17) is 0 Å². The van der Waals surface area contributed by atoms with E-state index in [9.17, 15) is 8.42 Å². The van der Waals surface area contributed by atoms with Crippen LogP contribution in [0.15, 0.2) is 12.7 Å². The van der Waals surface area contributed by atoms with Gasteiger partial charge in [0.2, 0.25) is 0 Å². The van der Waals surface area contributed by atoms with Crippen LogP contribution in [0.1, 0.15) is 66.2 Å². The van der Waals surface area contributed by atoms with Crippen molar-refractivity contribution in [2.75, 3.05) is 32.8 Å². The van der Waals surface area contributed by atoms with Gasteiger partial charge in [0.15, 0.2) is 0 Å². The summed E-state index contributed by atoms with van der Waals surface area (Å²) in [4.78, 5) is 0. The topological polar surface area (TPSA) is 43.4 Å². The SMILES string of the molecule is C=CCO[SH](=O)=O.CCCC[N+](CC)(CCCC)CCCC. The van der Waals surface area contributed by atoms with Crippen LogP contribution in [0.4, 0.5) is 0 Å². The number of quaternary nitrogens is 1. The Morgan fingerprint density at radius 2 is 1.32 bits per heavy atom. The largest absolute Gasteiger partial charge is 0.324 e. The lowest BCUT2D eigenvalue weighted by Crippen LogP contribution is -2.49. The highest BCUT2D eigenvalue weighted by Gasteiger charge is 2.22. The maximum absolute atomic E-state index is 9.53. The van der Waals surface area contributed by atoms with E-state index in [-0.39, 0.29) is 6.61 Å². The predicted molar refractivity (Wildman–Crippen MR) is 96.6 cm³/mol. The summed E-state index contributed by atoms with van der Waals surface area (Å²) >= 11 is 0. The van der Waals surface area contributed by atoms with Gasteiger partial charge in [-0.05, 0) is 26.2 Å². The van der Waals surface area contributed by atoms with Crippen molar-refractivity contribution in [2.45, 2.75) is 66.2 Å². The third-order valence-electron chi connectivity index (χ3n) is 3.93. The molecule has 0 fully saturated rings. The van der Waals surface area contributed by atoms with E-state index in [1.165, 1.54) is 75.3 Å². The lowest BCUT2D eigenvalue weighted by atomic mass is 10.1. The van der Waals surface area contributed by atoms with Gasteiger partial charge in [0.05, 0.1) is 32.8 Å². The van der Waals surface area contributed by atoms with Crippen LogP contribution in [0.3, 0.4) is 0 Å². The van der Waals surface area contributed by atoms with Crippen LogP contribution in [0.2, 0.25) is 0 Å². The molecule has 0 radical (unpaired) electrons. The van der Waals surface area contributed by atoms with E-state index in [0.717, 1.165) is 0 Å². The van der Waals surface area contributed by atoms with Crippen LogP contribution in [0.25, 0.3) is 0 Å². The zero-order valence-electron chi connectivity index (χ0n) is 15.2. The van der Waals surface area contributed by atoms with E-state index in [1.807, 2.05) is 0 Å². The number of hydrogen-bond acceptors (Lipinski definition) is 3. The number of unbranched alkanes of at least 4 members (excludes halogenated alkanes) is 3. The quantitative estimate of drug-likeness (QED) is 0.315. The average Bonchev–Trinajstić information content (AvgIpc) is 2.53. The fourth-order valence-electron chi connectivity index (χ4n) is 2.40. The molecule has 0 saturated heterocycles. The molecule has 0 bridgehead atoms. The number of rotatable bonds is 13. The molecule has 0 aromatic heterocycles. The fraction of sp³-hybridized carbons (Fsp3) is 0.882. The highest BCUT2D eigenvalue weighted by Crippen LogP contribution is 2.14. The highest BCUT2D eigenvalue weighted by molar-refractivity contribution is 7.67. The third kappa shape index (κ3) is 14.5. The summed E-state index contributed by atoms with van der Waals surface area (Å²) in [6.07, 6.45) is 9.61. The van der Waals surface area contributed by atoms with Crippen molar-refractivity contribution in [3.05, 3.63) is 12.7 Å². The van der Waals surface area contributed by atoms with Crippen molar-refractivity contribution in [1.82, 2.24) is 0 Å². The van der Waals surface area contributed by atoms with Crippen LogP contribution in [-0.4, -0.2) is 45.7 Å². The molecule has 0 aliphatic carbocycles. The van der Waals surface area contributed by atoms with Crippen LogP contribution < -0.4 is 0 Å². The number of hydrogen-bond donors (Lipinski definition) is 1. The van der Waals surface area contributed by atoms with Crippen molar-refractivity contribution in [3.63, 3.8) is 0 Å². The normalized spacial score (nSPS) is 11.1. The highest BCUT2D eigenvalue weighted by atomic mass is 32.2. The molecule has 134 valence electrons. The Bertz CT molecular complexity index is 287. The van der Waals surface area contributed by atoms with Gasteiger partial charge in [0.1, 0.15) is 0 Å². The van der Waals surface area contributed by atoms with E-state index >= 15 is 0 Å². The predicted octanol–water partition coefficient (Wildman–Crippen LogP) is 3.94. The molecule has 0 aromatic rings. The molecule has 0 aromatic carbocycles. The van der Waals surface area contributed by atoms with Crippen molar-refractivity contribution >= 4 is 11.0 Å². The lowest BCUT2D eigenvalue weighted by molar-refractivity contribution is -0.927. The second-order valence-electron chi connectivity index (χ2n) is 5.70. The molecule has 0 rings (SSSR count). The molecule has 22 heavy (non-hydrogen) atoms. The van der Waals surface area contributed by atoms with Crippen LogP contribution in [0, 0.1) is 0 Å². The van der Waals surface area contributed by atoms with Gasteiger partial charge in [-0.25, -0.2) is 8.42 Å². The van der Waals surface area contributed by atoms with Crippen LogP contribution in [0.5, 0.6) is 0 Å². The van der Waals surface area contributed by atoms with E-state index in [1.54, 1.807) is 0 Å². The van der Waals surface area contributed by atoms with Crippen molar-refractivity contribution in [3.8, 4) is 0 Å². The second kappa shape index (κ2) is 17.0. The Kier molecular flexibility index (Phi) is 18.4. The van der Waals surface area contributed by atoms with Crippen molar-refractivity contribution < 1.29 is 17.1 Å². The maximum atomic E-state index is 9.53.